The van der Waals surface area contributed by atoms with Crippen molar-refractivity contribution >= 4 is 22.9 Å². The number of rotatable bonds is 4. The fourth-order valence-corrected chi connectivity index (χ4v) is 3.45. The number of hydrogen-bond donors (Lipinski definition) is 2. The van der Waals surface area contributed by atoms with E-state index in [9.17, 15) is 5.26 Å². The Balaban J connectivity index is 2.07. The lowest BCUT2D eigenvalue weighted by molar-refractivity contribution is 0.570. The smallest absolute Gasteiger partial charge is 0.154 e. The third-order valence-electron chi connectivity index (χ3n) is 5.38. The van der Waals surface area contributed by atoms with Gasteiger partial charge in [0, 0.05) is 17.6 Å². The van der Waals surface area contributed by atoms with Gasteiger partial charge < -0.3 is 10.6 Å². The number of nitriles is 1. The zero-order valence-electron chi connectivity index (χ0n) is 19.6. The van der Waals surface area contributed by atoms with Crippen molar-refractivity contribution in [3.8, 4) is 6.07 Å². The number of nitrogens with zero attached hydrogens (tertiary/aromatic N) is 2. The number of aryl methyl sites for hydroxylation is 1. The van der Waals surface area contributed by atoms with Crippen LogP contribution in [0.25, 0.3) is 0 Å². The SMILES string of the molecule is Cc1ccccc1Nc1cc(C#N)cnc1Nc1ccc(C(C)(C)C)cc1C(C)(C)C. The van der Waals surface area contributed by atoms with Gasteiger partial charge in [-0.25, -0.2) is 4.98 Å². The normalized spacial score (nSPS) is 11.7. The maximum Gasteiger partial charge on any atom is 0.154 e. The van der Waals surface area contributed by atoms with Gasteiger partial charge in [0.25, 0.3) is 0 Å². The summed E-state index contributed by atoms with van der Waals surface area (Å²) < 4.78 is 0. The van der Waals surface area contributed by atoms with Crippen molar-refractivity contribution in [1.82, 2.24) is 4.98 Å². The minimum Gasteiger partial charge on any atom is -0.352 e. The second kappa shape index (κ2) is 8.43. The molecule has 0 spiro atoms. The molecule has 0 fully saturated rings. The first-order chi connectivity index (χ1) is 14.5. The molecule has 31 heavy (non-hydrogen) atoms. The summed E-state index contributed by atoms with van der Waals surface area (Å²) in [6.45, 7) is 15.4. The van der Waals surface area contributed by atoms with Crippen molar-refractivity contribution in [2.75, 3.05) is 10.6 Å². The van der Waals surface area contributed by atoms with Crippen LogP contribution in [0.15, 0.2) is 54.7 Å². The van der Waals surface area contributed by atoms with Crippen molar-refractivity contribution in [3.05, 3.63) is 77.0 Å². The summed E-state index contributed by atoms with van der Waals surface area (Å²) in [5.74, 6) is 0.691. The van der Waals surface area contributed by atoms with Crippen LogP contribution in [-0.2, 0) is 10.8 Å². The van der Waals surface area contributed by atoms with E-state index in [0.29, 0.717) is 11.4 Å². The van der Waals surface area contributed by atoms with Crippen LogP contribution < -0.4 is 10.6 Å². The highest BCUT2D eigenvalue weighted by Crippen LogP contribution is 2.37. The van der Waals surface area contributed by atoms with E-state index in [1.54, 1.807) is 6.20 Å². The first kappa shape index (κ1) is 22.4. The number of aromatic nitrogens is 1. The maximum atomic E-state index is 9.38. The first-order valence-electron chi connectivity index (χ1n) is 10.6. The Hall–Kier alpha value is -3.32. The van der Waals surface area contributed by atoms with Gasteiger partial charge in [-0.05, 0) is 52.6 Å². The number of hydrogen-bond acceptors (Lipinski definition) is 4. The topological polar surface area (TPSA) is 60.7 Å². The van der Waals surface area contributed by atoms with Gasteiger partial charge >= 0.3 is 0 Å². The minimum absolute atomic E-state index is 0.0419. The molecule has 1 aromatic heterocycles. The van der Waals surface area contributed by atoms with Gasteiger partial charge in [0.1, 0.15) is 6.07 Å². The summed E-state index contributed by atoms with van der Waals surface area (Å²) in [5.41, 5.74) is 6.98. The van der Waals surface area contributed by atoms with E-state index in [-0.39, 0.29) is 10.8 Å². The van der Waals surface area contributed by atoms with Crippen LogP contribution in [-0.4, -0.2) is 4.98 Å². The summed E-state index contributed by atoms with van der Waals surface area (Å²) >= 11 is 0. The van der Waals surface area contributed by atoms with Crippen molar-refractivity contribution < 1.29 is 0 Å². The van der Waals surface area contributed by atoms with Gasteiger partial charge in [0.05, 0.1) is 11.3 Å². The van der Waals surface area contributed by atoms with E-state index in [1.165, 1.54) is 11.1 Å². The predicted octanol–water partition coefficient (Wildman–Crippen LogP) is 7.34. The molecule has 1 heterocycles. The quantitative estimate of drug-likeness (QED) is 0.470. The van der Waals surface area contributed by atoms with E-state index in [4.69, 9.17) is 0 Å². The van der Waals surface area contributed by atoms with Gasteiger partial charge in [-0.15, -0.1) is 0 Å². The van der Waals surface area contributed by atoms with Gasteiger partial charge in [0.15, 0.2) is 5.82 Å². The molecule has 0 aliphatic carbocycles. The zero-order chi connectivity index (χ0) is 22.8. The molecule has 0 aliphatic rings. The Labute approximate surface area is 186 Å². The Bertz CT molecular complexity index is 1130. The highest BCUT2D eigenvalue weighted by molar-refractivity contribution is 5.78. The third-order valence-corrected chi connectivity index (χ3v) is 5.38. The third kappa shape index (κ3) is 5.24. The Kier molecular flexibility index (Phi) is 6.08. The van der Waals surface area contributed by atoms with Crippen LogP contribution in [0.2, 0.25) is 0 Å². The summed E-state index contributed by atoms with van der Waals surface area (Å²) in [6.07, 6.45) is 1.60. The minimum atomic E-state index is -0.0419. The number of pyridine rings is 1. The Morgan fingerprint density at radius 1 is 0.806 bits per heavy atom. The highest BCUT2D eigenvalue weighted by atomic mass is 15.0. The molecule has 0 bridgehead atoms. The lowest BCUT2D eigenvalue weighted by Gasteiger charge is -2.28. The summed E-state index contributed by atoms with van der Waals surface area (Å²) in [7, 11) is 0. The molecule has 3 aromatic rings. The maximum absolute atomic E-state index is 9.38. The molecule has 0 amide bonds. The second-order valence-corrected chi connectivity index (χ2v) is 10.1. The summed E-state index contributed by atoms with van der Waals surface area (Å²) in [4.78, 5) is 4.57. The number of benzene rings is 2. The monoisotopic (exact) mass is 412 g/mol. The molecule has 160 valence electrons. The molecule has 0 atom stereocenters. The molecule has 0 radical (unpaired) electrons. The Morgan fingerprint density at radius 3 is 2.13 bits per heavy atom. The standard InChI is InChI=1S/C27H32N4/c1-18-10-8-9-11-22(18)30-24-14-19(16-28)17-29-25(24)31-23-13-12-20(26(2,3)4)15-21(23)27(5,6)7/h8-15,17,30H,1-7H3,(H,29,31). The molecule has 0 unspecified atom stereocenters. The lowest BCUT2D eigenvalue weighted by Crippen LogP contribution is -2.18. The van der Waals surface area contributed by atoms with Crippen LogP contribution in [0.3, 0.4) is 0 Å². The van der Waals surface area contributed by atoms with E-state index < -0.39 is 0 Å². The van der Waals surface area contributed by atoms with Crippen LogP contribution in [0, 0.1) is 18.3 Å². The fourth-order valence-electron chi connectivity index (χ4n) is 3.45. The lowest BCUT2D eigenvalue weighted by atomic mass is 9.80. The molecule has 4 nitrogen and oxygen atoms in total. The molecular formula is C27H32N4. The van der Waals surface area contributed by atoms with Gasteiger partial charge in [-0.3, -0.25) is 0 Å². The van der Waals surface area contributed by atoms with E-state index in [0.717, 1.165) is 22.6 Å². The Morgan fingerprint density at radius 2 is 1.52 bits per heavy atom. The van der Waals surface area contributed by atoms with Crippen molar-refractivity contribution in [2.45, 2.75) is 59.3 Å². The summed E-state index contributed by atoms with van der Waals surface area (Å²) in [6, 6.07) is 18.7. The molecule has 2 aromatic carbocycles. The molecule has 3 rings (SSSR count). The van der Waals surface area contributed by atoms with Crippen molar-refractivity contribution in [2.24, 2.45) is 0 Å². The fraction of sp³-hybridized carbons (Fsp3) is 0.333. The van der Waals surface area contributed by atoms with Crippen molar-refractivity contribution in [1.29, 1.82) is 5.26 Å². The number of para-hydroxylation sites is 1. The van der Waals surface area contributed by atoms with Crippen LogP contribution >= 0.6 is 0 Å². The highest BCUT2D eigenvalue weighted by Gasteiger charge is 2.23. The first-order valence-corrected chi connectivity index (χ1v) is 10.6. The van der Waals surface area contributed by atoms with E-state index >= 15 is 0 Å². The van der Waals surface area contributed by atoms with Gasteiger partial charge in [-0.1, -0.05) is 71.9 Å². The van der Waals surface area contributed by atoms with Gasteiger partial charge in [0.2, 0.25) is 0 Å². The molecule has 0 saturated carbocycles. The van der Waals surface area contributed by atoms with E-state index in [1.807, 2.05) is 24.3 Å². The van der Waals surface area contributed by atoms with Gasteiger partial charge in [-0.2, -0.15) is 5.26 Å². The molecule has 0 aliphatic heterocycles. The number of nitrogens with one attached hydrogen (secondary N) is 2. The average molecular weight is 413 g/mol. The zero-order valence-corrected chi connectivity index (χ0v) is 19.6. The molecule has 0 saturated heterocycles. The number of anilines is 4. The molecule has 2 N–H and O–H groups in total. The van der Waals surface area contributed by atoms with E-state index in [2.05, 4.69) is 94.4 Å². The molecule has 4 heteroatoms. The second-order valence-electron chi connectivity index (χ2n) is 10.1. The van der Waals surface area contributed by atoms with Crippen LogP contribution in [0.1, 0.15) is 63.8 Å². The average Bonchev–Trinajstić information content (AvgIpc) is 2.69. The predicted molar refractivity (Wildman–Crippen MR) is 131 cm³/mol. The van der Waals surface area contributed by atoms with Crippen molar-refractivity contribution in [3.63, 3.8) is 0 Å². The molecular weight excluding hydrogens is 380 g/mol. The van der Waals surface area contributed by atoms with Crippen LogP contribution in [0.5, 0.6) is 0 Å². The summed E-state index contributed by atoms with van der Waals surface area (Å²) in [5, 5.41) is 16.4. The largest absolute Gasteiger partial charge is 0.352 e. The van der Waals surface area contributed by atoms with Crippen LogP contribution in [0.4, 0.5) is 22.9 Å².